The number of hydrogen-bond donors (Lipinski definition) is 1. The Hall–Kier alpha value is -1.37. The van der Waals surface area contributed by atoms with Crippen molar-refractivity contribution in [1.29, 1.82) is 5.26 Å². The topological polar surface area (TPSA) is 45.0 Å². The first-order chi connectivity index (χ1) is 8.38. The number of nitriles is 1. The van der Waals surface area contributed by atoms with E-state index in [0.29, 0.717) is 6.04 Å². The summed E-state index contributed by atoms with van der Waals surface area (Å²) in [5, 5.41) is 12.5. The molecule has 0 spiro atoms. The molecule has 3 nitrogen and oxygen atoms in total. The van der Waals surface area contributed by atoms with E-state index < -0.39 is 0 Å². The highest BCUT2D eigenvalue weighted by atomic mass is 16.5. The first kappa shape index (κ1) is 10.8. The fraction of sp³-hybridized carbons (Fsp3) is 0.500. The smallest absolute Gasteiger partial charge is 0.0991 e. The molecule has 0 unspecified atom stereocenters. The van der Waals surface area contributed by atoms with Gasteiger partial charge in [-0.15, -0.1) is 0 Å². The second-order valence-electron chi connectivity index (χ2n) is 4.77. The molecule has 0 aliphatic carbocycles. The maximum atomic E-state index is 8.98. The van der Waals surface area contributed by atoms with Crippen molar-refractivity contribution >= 4 is 0 Å². The van der Waals surface area contributed by atoms with Gasteiger partial charge in [0.15, 0.2) is 0 Å². The molecular formula is C14H16N2O. The molecule has 2 aliphatic heterocycles. The Labute approximate surface area is 101 Å². The number of hydrogen-bond acceptors (Lipinski definition) is 3. The molecule has 1 fully saturated rings. The van der Waals surface area contributed by atoms with Crippen LogP contribution in [0.15, 0.2) is 18.2 Å². The molecule has 0 saturated carbocycles. The molecule has 17 heavy (non-hydrogen) atoms. The largest absolute Gasteiger partial charge is 0.372 e. The Morgan fingerprint density at radius 3 is 3.12 bits per heavy atom. The van der Waals surface area contributed by atoms with E-state index in [-0.39, 0.29) is 6.10 Å². The lowest BCUT2D eigenvalue weighted by atomic mass is 9.91. The van der Waals surface area contributed by atoms with Crippen LogP contribution in [0.25, 0.3) is 0 Å². The number of rotatable bonds is 1. The van der Waals surface area contributed by atoms with E-state index in [4.69, 9.17) is 10.00 Å². The van der Waals surface area contributed by atoms with Gasteiger partial charge in [-0.3, -0.25) is 0 Å². The van der Waals surface area contributed by atoms with Crippen LogP contribution >= 0.6 is 0 Å². The second-order valence-corrected chi connectivity index (χ2v) is 4.77. The van der Waals surface area contributed by atoms with Gasteiger partial charge in [0.1, 0.15) is 0 Å². The predicted molar refractivity (Wildman–Crippen MR) is 64.6 cm³/mol. The Morgan fingerprint density at radius 2 is 2.35 bits per heavy atom. The summed E-state index contributed by atoms with van der Waals surface area (Å²) < 4.78 is 5.92. The molecule has 88 valence electrons. The van der Waals surface area contributed by atoms with Crippen molar-refractivity contribution in [1.82, 2.24) is 5.32 Å². The van der Waals surface area contributed by atoms with Crippen molar-refractivity contribution in [3.8, 4) is 6.07 Å². The summed E-state index contributed by atoms with van der Waals surface area (Å²) in [6, 6.07) is 8.62. The molecule has 2 aliphatic rings. The van der Waals surface area contributed by atoms with Crippen LogP contribution in [0.3, 0.4) is 0 Å². The van der Waals surface area contributed by atoms with E-state index in [1.54, 1.807) is 0 Å². The number of nitrogens with zero attached hydrogens (tertiary/aromatic N) is 1. The minimum Gasteiger partial charge on any atom is -0.372 e. The van der Waals surface area contributed by atoms with Gasteiger partial charge >= 0.3 is 0 Å². The van der Waals surface area contributed by atoms with Gasteiger partial charge in [-0.25, -0.2) is 0 Å². The van der Waals surface area contributed by atoms with E-state index in [9.17, 15) is 0 Å². The standard InChI is InChI=1S/C14H16N2O/c15-9-10-3-4-11-5-7-17-14(12(11)8-10)13-2-1-6-16-13/h3-4,8,13-14,16H,1-2,5-7H2/t13-,14+/m0/s1. The third-order valence-electron chi connectivity index (χ3n) is 3.71. The van der Waals surface area contributed by atoms with Gasteiger partial charge < -0.3 is 10.1 Å². The van der Waals surface area contributed by atoms with Crippen LogP contribution in [0.4, 0.5) is 0 Å². The fourth-order valence-corrected chi connectivity index (χ4v) is 2.85. The van der Waals surface area contributed by atoms with Crippen molar-refractivity contribution in [2.75, 3.05) is 13.2 Å². The molecule has 3 heteroatoms. The summed E-state index contributed by atoms with van der Waals surface area (Å²) in [6.45, 7) is 1.87. The predicted octanol–water partition coefficient (Wildman–Crippen LogP) is 1.92. The van der Waals surface area contributed by atoms with Crippen LogP contribution in [0.5, 0.6) is 0 Å². The molecule has 2 atom stereocenters. The van der Waals surface area contributed by atoms with Crippen LogP contribution in [0.2, 0.25) is 0 Å². The van der Waals surface area contributed by atoms with Gasteiger partial charge in [0.05, 0.1) is 24.3 Å². The minimum atomic E-state index is 0.134. The maximum Gasteiger partial charge on any atom is 0.0991 e. The average molecular weight is 228 g/mol. The molecule has 0 amide bonds. The summed E-state index contributed by atoms with van der Waals surface area (Å²) >= 11 is 0. The van der Waals surface area contributed by atoms with Crippen LogP contribution < -0.4 is 5.32 Å². The Morgan fingerprint density at radius 1 is 1.41 bits per heavy atom. The molecule has 1 N–H and O–H groups in total. The quantitative estimate of drug-likeness (QED) is 0.798. The summed E-state index contributed by atoms with van der Waals surface area (Å²) in [7, 11) is 0. The van der Waals surface area contributed by atoms with Crippen LogP contribution in [-0.2, 0) is 11.2 Å². The minimum absolute atomic E-state index is 0.134. The zero-order chi connectivity index (χ0) is 11.7. The lowest BCUT2D eigenvalue weighted by Crippen LogP contribution is -2.33. The van der Waals surface area contributed by atoms with Crippen LogP contribution in [0, 0.1) is 11.3 Å². The van der Waals surface area contributed by atoms with Gasteiger partial charge in [-0.05, 0) is 49.1 Å². The van der Waals surface area contributed by atoms with Crippen LogP contribution in [0.1, 0.15) is 35.6 Å². The highest BCUT2D eigenvalue weighted by Gasteiger charge is 2.30. The molecule has 1 aromatic rings. The third kappa shape index (κ3) is 1.95. The van der Waals surface area contributed by atoms with E-state index >= 15 is 0 Å². The summed E-state index contributed by atoms with van der Waals surface area (Å²) in [5.41, 5.74) is 3.29. The Kier molecular flexibility index (Phi) is 2.84. The number of fused-ring (bicyclic) bond motifs is 1. The molecule has 0 aromatic heterocycles. The number of benzene rings is 1. The fourth-order valence-electron chi connectivity index (χ4n) is 2.85. The van der Waals surface area contributed by atoms with E-state index in [1.165, 1.54) is 24.0 Å². The first-order valence-corrected chi connectivity index (χ1v) is 6.26. The maximum absolute atomic E-state index is 8.98. The lowest BCUT2D eigenvalue weighted by molar-refractivity contribution is 0.0199. The summed E-state index contributed by atoms with van der Waals surface area (Å²) in [4.78, 5) is 0. The van der Waals surface area contributed by atoms with E-state index in [2.05, 4.69) is 17.5 Å². The summed E-state index contributed by atoms with van der Waals surface area (Å²) in [5.74, 6) is 0. The summed E-state index contributed by atoms with van der Waals surface area (Å²) in [6.07, 6.45) is 3.48. The highest BCUT2D eigenvalue weighted by molar-refractivity contribution is 5.41. The van der Waals surface area contributed by atoms with Gasteiger partial charge in [0.2, 0.25) is 0 Å². The highest BCUT2D eigenvalue weighted by Crippen LogP contribution is 2.33. The van der Waals surface area contributed by atoms with Gasteiger partial charge in [-0.1, -0.05) is 6.07 Å². The monoisotopic (exact) mass is 228 g/mol. The average Bonchev–Trinajstić information content (AvgIpc) is 2.91. The zero-order valence-electron chi connectivity index (χ0n) is 9.78. The molecule has 3 rings (SSSR count). The van der Waals surface area contributed by atoms with Gasteiger partial charge in [-0.2, -0.15) is 5.26 Å². The van der Waals surface area contributed by atoms with E-state index in [0.717, 1.165) is 25.1 Å². The zero-order valence-corrected chi connectivity index (χ0v) is 9.78. The lowest BCUT2D eigenvalue weighted by Gasteiger charge is -2.30. The van der Waals surface area contributed by atoms with Gasteiger partial charge in [0, 0.05) is 6.04 Å². The van der Waals surface area contributed by atoms with E-state index in [1.807, 2.05) is 12.1 Å². The SMILES string of the molecule is N#Cc1ccc2c(c1)[C@H]([C@@H]1CCCN1)OCC2. The Balaban J connectivity index is 1.97. The van der Waals surface area contributed by atoms with Crippen molar-refractivity contribution in [3.05, 3.63) is 34.9 Å². The molecule has 0 radical (unpaired) electrons. The van der Waals surface area contributed by atoms with Crippen molar-refractivity contribution in [2.24, 2.45) is 0 Å². The number of ether oxygens (including phenoxy) is 1. The number of nitrogens with one attached hydrogen (secondary N) is 1. The molecular weight excluding hydrogens is 212 g/mol. The normalized spacial score (nSPS) is 27.5. The first-order valence-electron chi connectivity index (χ1n) is 6.26. The molecule has 2 heterocycles. The van der Waals surface area contributed by atoms with Crippen molar-refractivity contribution in [3.63, 3.8) is 0 Å². The molecule has 1 saturated heterocycles. The van der Waals surface area contributed by atoms with Gasteiger partial charge in [0.25, 0.3) is 0 Å². The molecule has 1 aromatic carbocycles. The van der Waals surface area contributed by atoms with Crippen molar-refractivity contribution < 1.29 is 4.74 Å². The van der Waals surface area contributed by atoms with Crippen LogP contribution in [-0.4, -0.2) is 19.2 Å². The second kappa shape index (κ2) is 4.48. The molecule has 0 bridgehead atoms. The Bertz CT molecular complexity index is 458. The van der Waals surface area contributed by atoms with Crippen molar-refractivity contribution in [2.45, 2.75) is 31.4 Å². The third-order valence-corrected chi connectivity index (χ3v) is 3.71.